The van der Waals surface area contributed by atoms with E-state index in [4.69, 9.17) is 16.3 Å². The number of Topliss-reactive ketones (excluding diaryl/α,β-unsaturated/α-hetero) is 1. The van der Waals surface area contributed by atoms with E-state index >= 15 is 0 Å². The summed E-state index contributed by atoms with van der Waals surface area (Å²) < 4.78 is 45.4. The van der Waals surface area contributed by atoms with E-state index in [2.05, 4.69) is 0 Å². The number of benzene rings is 1. The van der Waals surface area contributed by atoms with Crippen LogP contribution in [0.15, 0.2) is 17.7 Å². The molecule has 1 fully saturated rings. The van der Waals surface area contributed by atoms with Crippen LogP contribution in [0.1, 0.15) is 56.6 Å². The molecule has 1 unspecified atom stereocenters. The molecule has 0 aromatic heterocycles. The van der Waals surface area contributed by atoms with Crippen LogP contribution < -0.4 is 4.74 Å². The molecule has 26 heavy (non-hydrogen) atoms. The molecule has 2 nitrogen and oxygen atoms in total. The van der Waals surface area contributed by atoms with Gasteiger partial charge in [0.05, 0.1) is 0 Å². The summed E-state index contributed by atoms with van der Waals surface area (Å²) in [7, 11) is 0. The number of halogens is 4. The average Bonchev–Trinajstić information content (AvgIpc) is 2.61. The highest BCUT2D eigenvalue weighted by molar-refractivity contribution is 6.31. The van der Waals surface area contributed by atoms with E-state index < -0.39 is 18.1 Å². The zero-order chi connectivity index (χ0) is 18.9. The Labute approximate surface area is 156 Å². The van der Waals surface area contributed by atoms with Crippen LogP contribution in [0.3, 0.4) is 0 Å². The summed E-state index contributed by atoms with van der Waals surface area (Å²) in [4.78, 5) is 12.0. The molecule has 1 aromatic rings. The molecule has 3 rings (SSSR count). The van der Waals surface area contributed by atoms with Crippen LogP contribution in [0.25, 0.3) is 6.08 Å². The molecular weight excluding hydrogens is 365 g/mol. The van der Waals surface area contributed by atoms with Crippen molar-refractivity contribution in [1.82, 2.24) is 0 Å². The maximum atomic E-state index is 13.4. The van der Waals surface area contributed by atoms with Crippen LogP contribution in [-0.2, 0) is 11.2 Å². The molecule has 1 aliphatic heterocycles. The lowest BCUT2D eigenvalue weighted by Gasteiger charge is -2.29. The minimum atomic E-state index is -4.64. The standard InChI is InChI=1S/C20H22ClF3O2/c1-2-17(25)15-9-14-10-16(21)13(8-12-6-4-3-5-7-12)11-18(14)26-19(15)20(22,23)24/h9-12,19H,2-8H2,1H3. The number of carbonyl (C=O) groups is 1. The number of hydrogen-bond acceptors (Lipinski definition) is 2. The first-order valence-corrected chi connectivity index (χ1v) is 9.48. The van der Waals surface area contributed by atoms with E-state index in [0.717, 1.165) is 24.8 Å². The first-order chi connectivity index (χ1) is 12.3. The van der Waals surface area contributed by atoms with E-state index in [1.807, 2.05) is 0 Å². The molecule has 0 saturated heterocycles. The average molecular weight is 387 g/mol. The van der Waals surface area contributed by atoms with Gasteiger partial charge in [-0.2, -0.15) is 13.2 Å². The van der Waals surface area contributed by atoms with Gasteiger partial charge in [-0.15, -0.1) is 0 Å². The molecule has 1 heterocycles. The molecule has 142 valence electrons. The number of ether oxygens (including phenoxy) is 1. The molecular formula is C20H22ClF3O2. The van der Waals surface area contributed by atoms with Gasteiger partial charge in [-0.1, -0.05) is 50.6 Å². The van der Waals surface area contributed by atoms with Crippen molar-refractivity contribution in [2.45, 2.75) is 64.1 Å². The summed E-state index contributed by atoms with van der Waals surface area (Å²) in [5.74, 6) is 0.0876. The number of hydrogen-bond donors (Lipinski definition) is 0. The molecule has 6 heteroatoms. The van der Waals surface area contributed by atoms with Gasteiger partial charge < -0.3 is 4.74 Å². The second-order valence-corrected chi connectivity index (χ2v) is 7.51. The van der Waals surface area contributed by atoms with Crippen LogP contribution in [-0.4, -0.2) is 18.1 Å². The molecule has 1 aliphatic carbocycles. The quantitative estimate of drug-likeness (QED) is 0.620. The predicted octanol–water partition coefficient (Wildman–Crippen LogP) is 6.15. The summed E-state index contributed by atoms with van der Waals surface area (Å²) in [5.41, 5.74) is 0.889. The summed E-state index contributed by atoms with van der Waals surface area (Å²) in [6.07, 6.45) is 1.01. The highest BCUT2D eigenvalue weighted by atomic mass is 35.5. The summed E-state index contributed by atoms with van der Waals surface area (Å²) in [6.45, 7) is 1.53. The van der Waals surface area contributed by atoms with Gasteiger partial charge in [0.1, 0.15) is 5.75 Å². The SMILES string of the molecule is CCC(=O)C1=Cc2cc(Cl)c(CC3CCCCC3)cc2OC1C(F)(F)F. The number of rotatable bonds is 4. The summed E-state index contributed by atoms with van der Waals surface area (Å²) in [5, 5.41) is 0.517. The minimum Gasteiger partial charge on any atom is -0.475 e. The molecule has 0 N–H and O–H groups in total. The maximum absolute atomic E-state index is 13.4. The van der Waals surface area contributed by atoms with Crippen molar-refractivity contribution in [2.75, 3.05) is 0 Å². The third-order valence-corrected chi connectivity index (χ3v) is 5.54. The van der Waals surface area contributed by atoms with Crippen LogP contribution in [0, 0.1) is 5.92 Å². The smallest absolute Gasteiger partial charge is 0.429 e. The van der Waals surface area contributed by atoms with E-state index in [1.54, 1.807) is 12.1 Å². The fourth-order valence-electron chi connectivity index (χ4n) is 3.79. The van der Waals surface area contributed by atoms with Crippen LogP contribution >= 0.6 is 11.6 Å². The van der Waals surface area contributed by atoms with Crippen LogP contribution in [0.5, 0.6) is 5.75 Å². The minimum absolute atomic E-state index is 0.00932. The third-order valence-electron chi connectivity index (χ3n) is 5.19. The van der Waals surface area contributed by atoms with E-state index in [1.165, 1.54) is 32.3 Å². The first-order valence-electron chi connectivity index (χ1n) is 9.10. The van der Waals surface area contributed by atoms with Crippen LogP contribution in [0.4, 0.5) is 13.2 Å². The molecule has 0 spiro atoms. The predicted molar refractivity (Wildman–Crippen MR) is 95.5 cm³/mol. The van der Waals surface area contributed by atoms with Crippen molar-refractivity contribution in [3.63, 3.8) is 0 Å². The van der Waals surface area contributed by atoms with Crippen molar-refractivity contribution in [3.05, 3.63) is 33.9 Å². The zero-order valence-electron chi connectivity index (χ0n) is 14.7. The van der Waals surface area contributed by atoms with Crippen molar-refractivity contribution < 1.29 is 22.7 Å². The van der Waals surface area contributed by atoms with Gasteiger partial charge in [-0.3, -0.25) is 4.79 Å². The topological polar surface area (TPSA) is 26.3 Å². The van der Waals surface area contributed by atoms with E-state index in [0.29, 0.717) is 16.5 Å². The Kier molecular flexibility index (Phi) is 5.66. The number of ketones is 1. The van der Waals surface area contributed by atoms with Gasteiger partial charge in [0.2, 0.25) is 6.10 Å². The molecule has 2 aliphatic rings. The number of fused-ring (bicyclic) bond motifs is 1. The summed E-state index contributed by atoms with van der Waals surface area (Å²) >= 11 is 6.38. The van der Waals surface area contributed by atoms with Gasteiger partial charge in [0, 0.05) is 22.6 Å². The van der Waals surface area contributed by atoms with E-state index in [9.17, 15) is 18.0 Å². The second kappa shape index (κ2) is 7.63. The fourth-order valence-corrected chi connectivity index (χ4v) is 4.04. The molecule has 1 aromatic carbocycles. The van der Waals surface area contributed by atoms with Crippen molar-refractivity contribution in [1.29, 1.82) is 0 Å². The molecule has 1 atom stereocenters. The van der Waals surface area contributed by atoms with Gasteiger partial charge in [-0.05, 0) is 36.1 Å². The number of carbonyl (C=O) groups excluding carboxylic acids is 1. The monoisotopic (exact) mass is 386 g/mol. The Balaban J connectivity index is 1.94. The Bertz CT molecular complexity index is 719. The van der Waals surface area contributed by atoms with Gasteiger partial charge in [0.25, 0.3) is 0 Å². The first kappa shape index (κ1) is 19.3. The molecule has 0 bridgehead atoms. The van der Waals surface area contributed by atoms with Gasteiger partial charge in [0.15, 0.2) is 5.78 Å². The molecule has 0 radical (unpaired) electrons. The summed E-state index contributed by atoms with van der Waals surface area (Å²) in [6, 6.07) is 3.24. The van der Waals surface area contributed by atoms with Crippen molar-refractivity contribution >= 4 is 23.5 Å². The normalized spacial score (nSPS) is 21.0. The highest BCUT2D eigenvalue weighted by Gasteiger charge is 2.47. The lowest BCUT2D eigenvalue weighted by molar-refractivity contribution is -0.185. The van der Waals surface area contributed by atoms with Gasteiger partial charge >= 0.3 is 6.18 Å². The maximum Gasteiger partial charge on any atom is 0.429 e. The Morgan fingerprint density at radius 2 is 1.92 bits per heavy atom. The molecule has 0 amide bonds. The Morgan fingerprint density at radius 3 is 2.54 bits per heavy atom. The zero-order valence-corrected chi connectivity index (χ0v) is 15.4. The Morgan fingerprint density at radius 1 is 1.23 bits per heavy atom. The largest absolute Gasteiger partial charge is 0.475 e. The fraction of sp³-hybridized carbons (Fsp3) is 0.550. The lowest BCUT2D eigenvalue weighted by atomic mass is 9.84. The molecule has 1 saturated carbocycles. The highest BCUT2D eigenvalue weighted by Crippen LogP contribution is 2.41. The lowest BCUT2D eigenvalue weighted by Crippen LogP contribution is -2.40. The Hall–Kier alpha value is -1.49. The second-order valence-electron chi connectivity index (χ2n) is 7.11. The van der Waals surface area contributed by atoms with Gasteiger partial charge in [-0.25, -0.2) is 0 Å². The third kappa shape index (κ3) is 4.08. The van der Waals surface area contributed by atoms with Crippen LogP contribution in [0.2, 0.25) is 5.02 Å². The number of alkyl halides is 3. The van der Waals surface area contributed by atoms with Crippen molar-refractivity contribution in [3.8, 4) is 5.75 Å². The van der Waals surface area contributed by atoms with Crippen molar-refractivity contribution in [2.24, 2.45) is 5.92 Å². The van der Waals surface area contributed by atoms with E-state index in [-0.39, 0.29) is 17.7 Å².